The van der Waals surface area contributed by atoms with Crippen LogP contribution in [0.2, 0.25) is 0 Å². The van der Waals surface area contributed by atoms with Crippen molar-refractivity contribution in [3.8, 4) is 0 Å². The van der Waals surface area contributed by atoms with Gasteiger partial charge in [0.15, 0.2) is 0 Å². The molecule has 2 atom stereocenters. The highest BCUT2D eigenvalue weighted by Crippen LogP contribution is 2.15. The molecule has 2 nitrogen and oxygen atoms in total. The van der Waals surface area contributed by atoms with Crippen LogP contribution in [-0.4, -0.2) is 12.6 Å². The smallest absolute Gasteiger partial charge is 0.0117 e. The van der Waals surface area contributed by atoms with Crippen LogP contribution in [-0.2, 0) is 0 Å². The third kappa shape index (κ3) is 1.53. The highest BCUT2D eigenvalue weighted by atomic mass is 14.7. The summed E-state index contributed by atoms with van der Waals surface area (Å²) >= 11 is 0. The van der Waals surface area contributed by atoms with Gasteiger partial charge in [0.05, 0.1) is 0 Å². The summed E-state index contributed by atoms with van der Waals surface area (Å²) in [6.45, 7) is 0.728. The van der Waals surface area contributed by atoms with Gasteiger partial charge in [-0.05, 0) is 25.3 Å². The first-order valence-electron chi connectivity index (χ1n) is 3.45. The molecule has 0 aromatic heterocycles. The number of hydrogen-bond donors (Lipinski definition) is 2. The van der Waals surface area contributed by atoms with Crippen LogP contribution >= 0.6 is 0 Å². The van der Waals surface area contributed by atoms with Crippen LogP contribution < -0.4 is 11.5 Å². The summed E-state index contributed by atoms with van der Waals surface area (Å²) in [5.41, 5.74) is 11.2. The molecule has 2 unspecified atom stereocenters. The zero-order valence-electron chi connectivity index (χ0n) is 5.59. The Balaban J connectivity index is 2.43. The molecule has 4 N–H and O–H groups in total. The van der Waals surface area contributed by atoms with Gasteiger partial charge in [-0.1, -0.05) is 12.2 Å². The molecule has 1 aliphatic rings. The van der Waals surface area contributed by atoms with Crippen LogP contribution in [0, 0.1) is 5.92 Å². The van der Waals surface area contributed by atoms with Crippen molar-refractivity contribution in [2.24, 2.45) is 17.4 Å². The Kier molecular flexibility index (Phi) is 2.25. The van der Waals surface area contributed by atoms with Gasteiger partial charge in [-0.2, -0.15) is 0 Å². The third-order valence-corrected chi connectivity index (χ3v) is 1.92. The quantitative estimate of drug-likeness (QED) is 0.494. The molecule has 0 aliphatic heterocycles. The summed E-state index contributed by atoms with van der Waals surface area (Å²) in [5, 5.41) is 0. The van der Waals surface area contributed by atoms with Crippen molar-refractivity contribution in [2.75, 3.05) is 6.54 Å². The maximum Gasteiger partial charge on any atom is 0.0117 e. The fraction of sp³-hybridized carbons (Fsp3) is 0.714. The summed E-state index contributed by atoms with van der Waals surface area (Å²) in [4.78, 5) is 0. The Morgan fingerprint density at radius 3 is 2.44 bits per heavy atom. The minimum absolute atomic E-state index is 0.306. The molecule has 0 saturated carbocycles. The van der Waals surface area contributed by atoms with Crippen LogP contribution in [0.4, 0.5) is 0 Å². The largest absolute Gasteiger partial charge is 0.330 e. The summed E-state index contributed by atoms with van der Waals surface area (Å²) in [7, 11) is 0. The zero-order chi connectivity index (χ0) is 6.69. The fourth-order valence-electron chi connectivity index (χ4n) is 1.16. The van der Waals surface area contributed by atoms with Gasteiger partial charge < -0.3 is 11.5 Å². The van der Waals surface area contributed by atoms with Crippen LogP contribution in [0.25, 0.3) is 0 Å². The van der Waals surface area contributed by atoms with Crippen LogP contribution in [0.15, 0.2) is 12.2 Å². The lowest BCUT2D eigenvalue weighted by molar-refractivity contribution is 0.420. The lowest BCUT2D eigenvalue weighted by atomic mass is 9.90. The molecule has 1 aliphatic carbocycles. The van der Waals surface area contributed by atoms with Crippen molar-refractivity contribution in [1.29, 1.82) is 0 Å². The predicted molar refractivity (Wildman–Crippen MR) is 38.9 cm³/mol. The van der Waals surface area contributed by atoms with Gasteiger partial charge in [0.25, 0.3) is 0 Å². The van der Waals surface area contributed by atoms with Crippen molar-refractivity contribution in [1.82, 2.24) is 0 Å². The molecule has 2 heteroatoms. The Morgan fingerprint density at radius 2 is 2.00 bits per heavy atom. The number of allylic oxidation sites excluding steroid dienone is 1. The molecule has 0 bridgehead atoms. The molecule has 0 fully saturated rings. The predicted octanol–water partition coefficient (Wildman–Crippen LogP) is 0.239. The van der Waals surface area contributed by atoms with E-state index in [4.69, 9.17) is 11.5 Å². The van der Waals surface area contributed by atoms with E-state index in [1.165, 1.54) is 0 Å². The van der Waals surface area contributed by atoms with Crippen LogP contribution in [0.1, 0.15) is 12.8 Å². The number of hydrogen-bond acceptors (Lipinski definition) is 2. The van der Waals surface area contributed by atoms with E-state index in [2.05, 4.69) is 12.2 Å². The second kappa shape index (κ2) is 2.99. The minimum atomic E-state index is 0.306. The van der Waals surface area contributed by atoms with Crippen molar-refractivity contribution in [3.05, 3.63) is 12.2 Å². The van der Waals surface area contributed by atoms with E-state index in [1.807, 2.05) is 0 Å². The highest BCUT2D eigenvalue weighted by Gasteiger charge is 2.15. The molecule has 0 saturated heterocycles. The molecular formula is C7H14N2. The standard InChI is InChI=1S/C7H14N2/c8-5-6-3-1-2-4-7(6)9/h1-2,6-7H,3-5,8-9H2. The Labute approximate surface area is 55.9 Å². The van der Waals surface area contributed by atoms with Gasteiger partial charge in [0.2, 0.25) is 0 Å². The third-order valence-electron chi connectivity index (χ3n) is 1.92. The second-order valence-electron chi connectivity index (χ2n) is 2.60. The first kappa shape index (κ1) is 6.78. The van der Waals surface area contributed by atoms with Crippen molar-refractivity contribution in [2.45, 2.75) is 18.9 Å². The van der Waals surface area contributed by atoms with Crippen LogP contribution in [0.3, 0.4) is 0 Å². The Morgan fingerprint density at radius 1 is 1.33 bits per heavy atom. The Hall–Kier alpha value is -0.340. The van der Waals surface area contributed by atoms with E-state index in [0.717, 1.165) is 19.4 Å². The van der Waals surface area contributed by atoms with E-state index in [9.17, 15) is 0 Å². The average Bonchev–Trinajstić information content (AvgIpc) is 1.89. The first-order valence-corrected chi connectivity index (χ1v) is 3.45. The molecule has 0 spiro atoms. The van der Waals surface area contributed by atoms with E-state index in [-0.39, 0.29) is 0 Å². The number of nitrogens with two attached hydrogens (primary N) is 2. The van der Waals surface area contributed by atoms with E-state index < -0.39 is 0 Å². The summed E-state index contributed by atoms with van der Waals surface area (Å²) in [6.07, 6.45) is 6.37. The highest BCUT2D eigenvalue weighted by molar-refractivity contribution is 4.96. The summed E-state index contributed by atoms with van der Waals surface area (Å²) < 4.78 is 0. The molecule has 9 heavy (non-hydrogen) atoms. The fourth-order valence-corrected chi connectivity index (χ4v) is 1.16. The van der Waals surface area contributed by atoms with Gasteiger partial charge in [0, 0.05) is 6.04 Å². The monoisotopic (exact) mass is 126 g/mol. The Bertz CT molecular complexity index is 109. The molecule has 0 amide bonds. The molecule has 0 radical (unpaired) electrons. The molecule has 0 aromatic carbocycles. The molecule has 0 heterocycles. The first-order chi connectivity index (χ1) is 4.34. The summed E-state index contributed by atoms with van der Waals surface area (Å²) in [6, 6.07) is 0.306. The summed E-state index contributed by atoms with van der Waals surface area (Å²) in [5.74, 6) is 0.523. The van der Waals surface area contributed by atoms with Gasteiger partial charge in [-0.15, -0.1) is 0 Å². The van der Waals surface area contributed by atoms with Crippen molar-refractivity contribution in [3.63, 3.8) is 0 Å². The van der Waals surface area contributed by atoms with Crippen molar-refractivity contribution >= 4 is 0 Å². The van der Waals surface area contributed by atoms with E-state index >= 15 is 0 Å². The normalized spacial score (nSPS) is 34.9. The van der Waals surface area contributed by atoms with Gasteiger partial charge in [-0.25, -0.2) is 0 Å². The molecular weight excluding hydrogens is 112 g/mol. The van der Waals surface area contributed by atoms with Gasteiger partial charge >= 0.3 is 0 Å². The molecule has 52 valence electrons. The zero-order valence-corrected chi connectivity index (χ0v) is 5.59. The SMILES string of the molecule is NCC1CC=CCC1N. The lowest BCUT2D eigenvalue weighted by Gasteiger charge is -2.22. The average molecular weight is 126 g/mol. The molecule has 0 aromatic rings. The van der Waals surface area contributed by atoms with E-state index in [1.54, 1.807) is 0 Å². The minimum Gasteiger partial charge on any atom is -0.330 e. The lowest BCUT2D eigenvalue weighted by Crippen LogP contribution is -2.35. The van der Waals surface area contributed by atoms with Gasteiger partial charge in [-0.3, -0.25) is 0 Å². The van der Waals surface area contributed by atoms with Crippen molar-refractivity contribution < 1.29 is 0 Å². The number of rotatable bonds is 1. The topological polar surface area (TPSA) is 52.0 Å². The maximum absolute atomic E-state index is 5.76. The van der Waals surface area contributed by atoms with Crippen LogP contribution in [0.5, 0.6) is 0 Å². The second-order valence-corrected chi connectivity index (χ2v) is 2.60. The maximum atomic E-state index is 5.76. The van der Waals surface area contributed by atoms with E-state index in [0.29, 0.717) is 12.0 Å². The van der Waals surface area contributed by atoms with Gasteiger partial charge in [0.1, 0.15) is 0 Å². The molecule has 1 rings (SSSR count).